The summed E-state index contributed by atoms with van der Waals surface area (Å²) >= 11 is 0. The van der Waals surface area contributed by atoms with E-state index in [1.807, 2.05) is 46.0 Å². The number of hydrogen-bond acceptors (Lipinski definition) is 5. The molecule has 0 saturated carbocycles. The molecule has 2 amide bonds. The lowest BCUT2D eigenvalue weighted by atomic mass is 9.83. The molecule has 4 rings (SSSR count). The molecule has 1 aliphatic heterocycles. The number of hydrogen-bond donors (Lipinski definition) is 2. The van der Waals surface area contributed by atoms with Crippen LogP contribution >= 0.6 is 0 Å². The van der Waals surface area contributed by atoms with E-state index in [9.17, 15) is 27.9 Å². The normalized spacial score (nSPS) is 22.7. The first-order chi connectivity index (χ1) is 19.7. The lowest BCUT2D eigenvalue weighted by Gasteiger charge is -2.38. The first-order valence-electron chi connectivity index (χ1n) is 14.6. The summed E-state index contributed by atoms with van der Waals surface area (Å²) in [6.07, 6.45) is -4.68. The second-order valence-electron chi connectivity index (χ2n) is 13.8. The van der Waals surface area contributed by atoms with Crippen LogP contribution in [0, 0.1) is 0 Å². The van der Waals surface area contributed by atoms with Crippen molar-refractivity contribution in [2.24, 2.45) is 0 Å². The van der Waals surface area contributed by atoms with Crippen LogP contribution in [0.5, 0.6) is 0 Å². The molecule has 2 aromatic rings. The van der Waals surface area contributed by atoms with Gasteiger partial charge in [-0.1, -0.05) is 58.9 Å². The fraction of sp³-hybridized carbons (Fsp3) is 0.581. The first-order valence-corrected chi connectivity index (χ1v) is 17.5. The molecule has 12 heteroatoms. The number of fused-ring (bicyclic) bond motifs is 1. The number of nitrogens with one attached hydrogen (secondary N) is 1. The summed E-state index contributed by atoms with van der Waals surface area (Å²) in [6, 6.07) is 7.35. The van der Waals surface area contributed by atoms with E-state index in [1.165, 1.54) is 23.4 Å². The zero-order valence-electron chi connectivity index (χ0n) is 26.1. The smallest absolute Gasteiger partial charge is 0.414 e. The van der Waals surface area contributed by atoms with Crippen molar-refractivity contribution in [1.82, 2.24) is 14.8 Å². The Bertz CT molecular complexity index is 1340. The highest BCUT2D eigenvalue weighted by Crippen LogP contribution is 2.42. The molecule has 2 N–H and O–H groups in total. The van der Waals surface area contributed by atoms with Crippen LogP contribution < -0.4 is 5.32 Å². The lowest BCUT2D eigenvalue weighted by molar-refractivity contribution is -0.191. The van der Waals surface area contributed by atoms with Crippen molar-refractivity contribution >= 4 is 26.0 Å². The van der Waals surface area contributed by atoms with E-state index in [0.717, 1.165) is 18.4 Å². The molecule has 1 aromatic heterocycles. The maximum atomic E-state index is 14.5. The molecule has 0 radical (unpaired) electrons. The maximum absolute atomic E-state index is 14.5. The molecule has 1 fully saturated rings. The molecule has 4 atom stereocenters. The summed E-state index contributed by atoms with van der Waals surface area (Å²) in [5, 5.41) is 13.1. The van der Waals surface area contributed by atoms with Gasteiger partial charge in [0, 0.05) is 31.5 Å². The third-order valence-corrected chi connectivity index (χ3v) is 14.1. The van der Waals surface area contributed by atoms with Crippen molar-refractivity contribution in [3.63, 3.8) is 0 Å². The van der Waals surface area contributed by atoms with Gasteiger partial charge in [0.25, 0.3) is 0 Å². The number of likely N-dealkylation sites (N-methyl/N-ethyl adjacent to an activating group) is 1. The molecule has 1 unspecified atom stereocenters. The van der Waals surface area contributed by atoms with Gasteiger partial charge in [0.2, 0.25) is 5.91 Å². The second kappa shape index (κ2) is 11.4. The van der Waals surface area contributed by atoms with Crippen molar-refractivity contribution < 1.29 is 32.3 Å². The Labute approximate surface area is 252 Å². The number of alkyl halides is 3. The van der Waals surface area contributed by atoms with Gasteiger partial charge in [0.15, 0.2) is 14.4 Å². The van der Waals surface area contributed by atoms with Gasteiger partial charge >= 0.3 is 12.3 Å². The molecule has 1 saturated heterocycles. The second-order valence-corrected chi connectivity index (χ2v) is 18.6. The fourth-order valence-corrected chi connectivity index (χ4v) is 7.30. The molecule has 2 heterocycles. The van der Waals surface area contributed by atoms with E-state index < -0.39 is 44.7 Å². The molecule has 1 aromatic carbocycles. The first kappa shape index (κ1) is 32.8. The van der Waals surface area contributed by atoms with Gasteiger partial charge < -0.3 is 19.7 Å². The molecule has 236 valence electrons. The van der Waals surface area contributed by atoms with Crippen molar-refractivity contribution in [1.29, 1.82) is 0 Å². The van der Waals surface area contributed by atoms with Crippen molar-refractivity contribution in [3.8, 4) is 0 Å². The topological polar surface area (TPSA) is 95.0 Å². The van der Waals surface area contributed by atoms with E-state index in [2.05, 4.69) is 36.3 Å². The van der Waals surface area contributed by atoms with Crippen LogP contribution in [0.1, 0.15) is 63.9 Å². The van der Waals surface area contributed by atoms with Crippen LogP contribution in [-0.2, 0) is 21.1 Å². The third kappa shape index (κ3) is 6.54. The number of anilines is 1. The summed E-state index contributed by atoms with van der Waals surface area (Å²) in [4.78, 5) is 31.2. The van der Waals surface area contributed by atoms with E-state index in [4.69, 9.17) is 4.43 Å². The minimum Gasteiger partial charge on any atom is -0.465 e. The van der Waals surface area contributed by atoms with Crippen molar-refractivity contribution in [2.45, 2.75) is 101 Å². The number of pyridine rings is 1. The minimum atomic E-state index is -4.84. The third-order valence-electron chi connectivity index (χ3n) is 9.52. The van der Waals surface area contributed by atoms with Gasteiger partial charge in [-0.25, -0.2) is 4.79 Å². The number of carbonyl (C=O) groups is 2. The number of likely N-dealkylation sites (tertiary alicyclic amines) is 1. The van der Waals surface area contributed by atoms with Crippen LogP contribution in [0.15, 0.2) is 42.6 Å². The quantitative estimate of drug-likeness (QED) is 0.339. The molecule has 0 spiro atoms. The van der Waals surface area contributed by atoms with E-state index in [0.29, 0.717) is 10.6 Å². The maximum Gasteiger partial charge on any atom is 0.414 e. The van der Waals surface area contributed by atoms with Crippen LogP contribution in [0.25, 0.3) is 0 Å². The SMILES string of the molecule is CN(C(=O)[C@@H]1C[C@@H](O[Si](C)(C)C(C)(C)C)CN1C(=O)O)C(c1ccc(N[C@H]2Cc3ccccc3C2(C)C)cn1)C(F)(F)F. The molecule has 0 bridgehead atoms. The Balaban J connectivity index is 1.52. The predicted octanol–water partition coefficient (Wildman–Crippen LogP) is 6.60. The monoisotopic (exact) mass is 620 g/mol. The van der Waals surface area contributed by atoms with Gasteiger partial charge in [0.05, 0.1) is 23.7 Å². The van der Waals surface area contributed by atoms with Crippen LogP contribution in [-0.4, -0.2) is 78.2 Å². The molecule has 1 aliphatic carbocycles. The zero-order chi connectivity index (χ0) is 32.1. The molecule has 43 heavy (non-hydrogen) atoms. The Hall–Kier alpha value is -3.12. The average Bonchev–Trinajstić information content (AvgIpc) is 3.41. The molecular formula is C31H43F3N4O4Si. The Morgan fingerprint density at radius 3 is 2.35 bits per heavy atom. The fourth-order valence-electron chi connectivity index (χ4n) is 5.94. The Morgan fingerprint density at radius 2 is 1.81 bits per heavy atom. The minimum absolute atomic E-state index is 0.0115. The number of carboxylic acid groups (broad SMARTS) is 1. The highest BCUT2D eigenvalue weighted by Gasteiger charge is 2.51. The number of benzene rings is 1. The number of nitrogens with zero attached hydrogens (tertiary/aromatic N) is 3. The largest absolute Gasteiger partial charge is 0.465 e. The molecule has 2 aliphatic rings. The Morgan fingerprint density at radius 1 is 1.16 bits per heavy atom. The Kier molecular flexibility index (Phi) is 8.71. The van der Waals surface area contributed by atoms with Gasteiger partial charge in [-0.3, -0.25) is 14.7 Å². The average molecular weight is 621 g/mol. The number of amides is 2. The highest BCUT2D eigenvalue weighted by atomic mass is 28.4. The van der Waals surface area contributed by atoms with Gasteiger partial charge in [-0.2, -0.15) is 13.2 Å². The van der Waals surface area contributed by atoms with E-state index in [1.54, 1.807) is 6.07 Å². The highest BCUT2D eigenvalue weighted by molar-refractivity contribution is 6.74. The summed E-state index contributed by atoms with van der Waals surface area (Å²) < 4.78 is 49.8. The van der Waals surface area contributed by atoms with Gasteiger partial charge in [-0.05, 0) is 47.8 Å². The zero-order valence-corrected chi connectivity index (χ0v) is 27.1. The summed E-state index contributed by atoms with van der Waals surface area (Å²) in [5.41, 5.74) is 2.49. The summed E-state index contributed by atoms with van der Waals surface area (Å²) in [5.74, 6) is -0.944. The number of aromatic nitrogens is 1. The summed E-state index contributed by atoms with van der Waals surface area (Å²) in [6.45, 7) is 14.3. The standard InChI is InChI=1S/C31H43F3N4O4Si/c1-29(2,3)43(7,8)42-21-16-24(38(18-21)28(40)41)27(39)37(6)26(31(32,33)34)23-14-13-20(17-35-23)36-25-15-19-11-9-10-12-22(19)30(25,4)5/h9-14,17,21,24-26,36H,15-16,18H2,1-8H3,(H,40,41)/t21-,24+,25+,26?/m1/s1. The van der Waals surface area contributed by atoms with Crippen molar-refractivity contribution in [3.05, 3.63) is 59.4 Å². The van der Waals surface area contributed by atoms with Crippen molar-refractivity contribution in [2.75, 3.05) is 18.9 Å². The van der Waals surface area contributed by atoms with Gasteiger partial charge in [-0.15, -0.1) is 0 Å². The molecule has 8 nitrogen and oxygen atoms in total. The predicted molar refractivity (Wildman–Crippen MR) is 162 cm³/mol. The van der Waals surface area contributed by atoms with Crippen LogP contribution in [0.4, 0.5) is 23.7 Å². The van der Waals surface area contributed by atoms with Gasteiger partial charge in [0.1, 0.15) is 6.04 Å². The van der Waals surface area contributed by atoms with E-state index in [-0.39, 0.29) is 35.2 Å². The molecular weight excluding hydrogens is 577 g/mol. The number of halogens is 3. The van der Waals surface area contributed by atoms with Crippen LogP contribution in [0.2, 0.25) is 18.1 Å². The number of carbonyl (C=O) groups excluding carboxylic acids is 1. The lowest BCUT2D eigenvalue weighted by Crippen LogP contribution is -2.49. The number of rotatable bonds is 7. The van der Waals surface area contributed by atoms with E-state index >= 15 is 0 Å². The summed E-state index contributed by atoms with van der Waals surface area (Å²) in [7, 11) is -1.27. The van der Waals surface area contributed by atoms with Crippen LogP contribution in [0.3, 0.4) is 0 Å².